The lowest BCUT2D eigenvalue weighted by atomic mass is 10.0. The first kappa shape index (κ1) is 22.4. The van der Waals surface area contributed by atoms with E-state index in [4.69, 9.17) is 9.47 Å². The molecular weight excluding hydrogens is 390 g/mol. The Kier molecular flexibility index (Phi) is 7.70. The van der Waals surface area contributed by atoms with E-state index < -0.39 is 0 Å². The van der Waals surface area contributed by atoms with E-state index >= 15 is 0 Å². The van der Waals surface area contributed by atoms with E-state index in [0.29, 0.717) is 31.5 Å². The summed E-state index contributed by atoms with van der Waals surface area (Å²) in [5.41, 5.74) is 3.00. The highest BCUT2D eigenvalue weighted by molar-refractivity contribution is 5.44. The number of rotatable bonds is 10. The first-order valence-electron chi connectivity index (χ1n) is 10.8. The molecule has 164 valence electrons. The maximum Gasteiger partial charge on any atom is 0.297 e. The van der Waals surface area contributed by atoms with Crippen molar-refractivity contribution in [2.75, 3.05) is 25.1 Å². The molecule has 0 aliphatic carbocycles. The first-order chi connectivity index (χ1) is 15.0. The zero-order valence-electron chi connectivity index (χ0n) is 18.7. The molecule has 0 saturated heterocycles. The first-order valence-corrected chi connectivity index (χ1v) is 10.8. The van der Waals surface area contributed by atoms with Gasteiger partial charge in [0.15, 0.2) is 17.3 Å². The van der Waals surface area contributed by atoms with Crippen LogP contribution in [0.15, 0.2) is 59.7 Å². The molecule has 0 bridgehead atoms. The molecule has 0 radical (unpaired) electrons. The fourth-order valence-corrected chi connectivity index (χ4v) is 3.33. The van der Waals surface area contributed by atoms with Gasteiger partial charge in [-0.1, -0.05) is 32.0 Å². The van der Waals surface area contributed by atoms with Crippen LogP contribution in [0.2, 0.25) is 0 Å². The third-order valence-corrected chi connectivity index (χ3v) is 4.99. The van der Waals surface area contributed by atoms with Crippen molar-refractivity contribution >= 4 is 5.82 Å². The van der Waals surface area contributed by atoms with Gasteiger partial charge in [-0.3, -0.25) is 9.36 Å². The Balaban J connectivity index is 1.69. The monoisotopic (exact) mass is 421 g/mol. The van der Waals surface area contributed by atoms with Crippen LogP contribution in [-0.2, 0) is 6.42 Å². The van der Waals surface area contributed by atoms with Crippen molar-refractivity contribution in [3.63, 3.8) is 0 Å². The topological polar surface area (TPSA) is 65.4 Å². The SMILES string of the molecule is CCOc1ccc(CCNc2nccn(-c3ccc(C(C)C)cc3)c2=O)cc1OCC. The molecule has 0 unspecified atom stereocenters. The molecule has 1 heterocycles. The van der Waals surface area contributed by atoms with Crippen molar-refractivity contribution in [3.8, 4) is 17.2 Å². The molecule has 3 rings (SSSR count). The van der Waals surface area contributed by atoms with Gasteiger partial charge in [-0.2, -0.15) is 0 Å². The predicted octanol–water partition coefficient (Wildman–Crippen LogP) is 4.81. The highest BCUT2D eigenvalue weighted by atomic mass is 16.5. The molecule has 6 heteroatoms. The molecule has 1 N–H and O–H groups in total. The number of ether oxygens (including phenoxy) is 2. The minimum Gasteiger partial charge on any atom is -0.490 e. The summed E-state index contributed by atoms with van der Waals surface area (Å²) in [7, 11) is 0. The van der Waals surface area contributed by atoms with E-state index in [0.717, 1.165) is 29.2 Å². The van der Waals surface area contributed by atoms with E-state index in [1.165, 1.54) is 5.56 Å². The Morgan fingerprint density at radius 1 is 1.00 bits per heavy atom. The maximum atomic E-state index is 12.9. The van der Waals surface area contributed by atoms with Gasteiger partial charge in [0, 0.05) is 24.6 Å². The number of nitrogens with zero attached hydrogens (tertiary/aromatic N) is 2. The van der Waals surface area contributed by atoms with Crippen molar-refractivity contribution in [1.29, 1.82) is 0 Å². The molecule has 3 aromatic rings. The van der Waals surface area contributed by atoms with Crippen molar-refractivity contribution in [2.45, 2.75) is 40.0 Å². The zero-order chi connectivity index (χ0) is 22.2. The van der Waals surface area contributed by atoms with Crippen LogP contribution < -0.4 is 20.3 Å². The Morgan fingerprint density at radius 2 is 1.71 bits per heavy atom. The van der Waals surface area contributed by atoms with Gasteiger partial charge in [0.2, 0.25) is 0 Å². The lowest BCUT2D eigenvalue weighted by Crippen LogP contribution is -2.24. The summed E-state index contributed by atoms with van der Waals surface area (Å²) in [4.78, 5) is 17.1. The number of hydrogen-bond acceptors (Lipinski definition) is 5. The average molecular weight is 422 g/mol. The number of anilines is 1. The number of benzene rings is 2. The summed E-state index contributed by atoms with van der Waals surface area (Å²) in [6, 6.07) is 14.0. The van der Waals surface area contributed by atoms with Gasteiger partial charge in [0.25, 0.3) is 5.56 Å². The lowest BCUT2D eigenvalue weighted by molar-refractivity contribution is 0.287. The van der Waals surface area contributed by atoms with Crippen LogP contribution in [-0.4, -0.2) is 29.3 Å². The van der Waals surface area contributed by atoms with E-state index in [1.807, 2.05) is 44.2 Å². The summed E-state index contributed by atoms with van der Waals surface area (Å²) in [5, 5.41) is 3.18. The lowest BCUT2D eigenvalue weighted by Gasteiger charge is -2.13. The summed E-state index contributed by atoms with van der Waals surface area (Å²) in [6.07, 6.45) is 4.06. The maximum absolute atomic E-state index is 12.9. The Morgan fingerprint density at radius 3 is 2.39 bits per heavy atom. The van der Waals surface area contributed by atoms with E-state index in [2.05, 4.69) is 36.3 Å². The molecule has 0 amide bonds. The quantitative estimate of drug-likeness (QED) is 0.509. The van der Waals surface area contributed by atoms with E-state index in [9.17, 15) is 4.79 Å². The van der Waals surface area contributed by atoms with Gasteiger partial charge in [0.05, 0.1) is 13.2 Å². The van der Waals surface area contributed by atoms with Gasteiger partial charge in [0.1, 0.15) is 0 Å². The third kappa shape index (κ3) is 5.66. The fourth-order valence-electron chi connectivity index (χ4n) is 3.33. The number of nitrogens with one attached hydrogen (secondary N) is 1. The second kappa shape index (κ2) is 10.7. The Bertz CT molecular complexity index is 1040. The standard InChI is InChI=1S/C25H31N3O3/c1-5-30-22-12-7-19(17-23(22)31-6-2)13-14-26-24-25(29)28(16-15-27-24)21-10-8-20(9-11-21)18(3)4/h7-12,15-18H,5-6,13-14H2,1-4H3,(H,26,27). The molecule has 31 heavy (non-hydrogen) atoms. The molecule has 0 aliphatic rings. The average Bonchev–Trinajstić information content (AvgIpc) is 2.77. The molecule has 0 atom stereocenters. The fraction of sp³-hybridized carbons (Fsp3) is 0.360. The van der Waals surface area contributed by atoms with Crippen molar-refractivity contribution in [1.82, 2.24) is 9.55 Å². The van der Waals surface area contributed by atoms with Crippen LogP contribution in [0.25, 0.3) is 5.69 Å². The van der Waals surface area contributed by atoms with E-state index in [-0.39, 0.29) is 5.56 Å². The van der Waals surface area contributed by atoms with Gasteiger partial charge >= 0.3 is 0 Å². The molecular formula is C25H31N3O3. The van der Waals surface area contributed by atoms with Gasteiger partial charge in [-0.25, -0.2) is 4.98 Å². The van der Waals surface area contributed by atoms with Gasteiger partial charge in [-0.05, 0) is 61.6 Å². The molecule has 6 nitrogen and oxygen atoms in total. The Labute approximate surface area is 183 Å². The normalized spacial score (nSPS) is 10.9. The summed E-state index contributed by atoms with van der Waals surface area (Å²) in [5.74, 6) is 2.28. The minimum atomic E-state index is -0.165. The number of aromatic nitrogens is 2. The predicted molar refractivity (Wildman–Crippen MR) is 125 cm³/mol. The van der Waals surface area contributed by atoms with Crippen molar-refractivity contribution in [3.05, 3.63) is 76.3 Å². The molecule has 1 aromatic heterocycles. The molecule has 0 saturated carbocycles. The zero-order valence-corrected chi connectivity index (χ0v) is 18.7. The highest BCUT2D eigenvalue weighted by Crippen LogP contribution is 2.28. The highest BCUT2D eigenvalue weighted by Gasteiger charge is 2.09. The van der Waals surface area contributed by atoms with Crippen LogP contribution in [0.5, 0.6) is 11.5 Å². The summed E-state index contributed by atoms with van der Waals surface area (Å²) >= 11 is 0. The molecule has 0 fully saturated rings. The van der Waals surface area contributed by atoms with Crippen LogP contribution in [0, 0.1) is 0 Å². The summed E-state index contributed by atoms with van der Waals surface area (Å²) < 4.78 is 12.9. The van der Waals surface area contributed by atoms with Gasteiger partial charge < -0.3 is 14.8 Å². The third-order valence-electron chi connectivity index (χ3n) is 4.99. The van der Waals surface area contributed by atoms with Crippen LogP contribution in [0.1, 0.15) is 44.7 Å². The molecule has 0 aliphatic heterocycles. The van der Waals surface area contributed by atoms with Crippen molar-refractivity contribution < 1.29 is 9.47 Å². The van der Waals surface area contributed by atoms with Crippen LogP contribution >= 0.6 is 0 Å². The Hall–Kier alpha value is -3.28. The largest absolute Gasteiger partial charge is 0.490 e. The smallest absolute Gasteiger partial charge is 0.297 e. The van der Waals surface area contributed by atoms with Crippen LogP contribution in [0.3, 0.4) is 0 Å². The van der Waals surface area contributed by atoms with E-state index in [1.54, 1.807) is 17.0 Å². The number of hydrogen-bond donors (Lipinski definition) is 1. The molecule has 0 spiro atoms. The second-order valence-electron chi connectivity index (χ2n) is 7.52. The molecule has 2 aromatic carbocycles. The summed E-state index contributed by atoms with van der Waals surface area (Å²) in [6.45, 7) is 9.95. The minimum absolute atomic E-state index is 0.165. The van der Waals surface area contributed by atoms with Crippen molar-refractivity contribution in [2.24, 2.45) is 0 Å². The van der Waals surface area contributed by atoms with Crippen LogP contribution in [0.4, 0.5) is 5.82 Å². The second-order valence-corrected chi connectivity index (χ2v) is 7.52. The van der Waals surface area contributed by atoms with Gasteiger partial charge in [-0.15, -0.1) is 0 Å².